The topological polar surface area (TPSA) is 86.4 Å². The van der Waals surface area contributed by atoms with Gasteiger partial charge in [-0.2, -0.15) is 0 Å². The lowest BCUT2D eigenvalue weighted by molar-refractivity contribution is -0.133. The van der Waals surface area contributed by atoms with Gasteiger partial charge in [-0.1, -0.05) is 0 Å². The van der Waals surface area contributed by atoms with Crippen LogP contribution in [0, 0.1) is 0 Å². The summed E-state index contributed by atoms with van der Waals surface area (Å²) < 4.78 is 5.34. The van der Waals surface area contributed by atoms with Gasteiger partial charge in [-0.25, -0.2) is 0 Å². The van der Waals surface area contributed by atoms with E-state index in [4.69, 9.17) is 10.5 Å². The van der Waals surface area contributed by atoms with Crippen LogP contribution in [0.25, 0.3) is 0 Å². The van der Waals surface area contributed by atoms with Gasteiger partial charge in [-0.05, 0) is 32.2 Å². The van der Waals surface area contributed by atoms with Crippen molar-refractivity contribution in [3.05, 3.63) is 0 Å². The molecule has 1 amide bonds. The zero-order valence-corrected chi connectivity index (χ0v) is 16.5. The second-order valence-corrected chi connectivity index (χ2v) is 7.28. The Kier molecular flexibility index (Phi) is 9.14. The van der Waals surface area contributed by atoms with Crippen LogP contribution in [-0.4, -0.2) is 106 Å². The van der Waals surface area contributed by atoms with Crippen molar-refractivity contribution < 1.29 is 9.53 Å². The van der Waals surface area contributed by atoms with Gasteiger partial charge in [0.15, 0.2) is 5.96 Å². The molecule has 26 heavy (non-hydrogen) atoms. The van der Waals surface area contributed by atoms with Crippen LogP contribution in [0.15, 0.2) is 4.99 Å². The third-order valence-electron chi connectivity index (χ3n) is 5.04. The SMILES string of the molecule is CN(C)C(=O)C1CCCN1CCCNC(N)=NCCCN1CCOCC1. The van der Waals surface area contributed by atoms with E-state index < -0.39 is 0 Å². The Balaban J connectivity index is 1.54. The molecular formula is C18H36N6O2. The van der Waals surface area contributed by atoms with Gasteiger partial charge in [-0.3, -0.25) is 19.6 Å². The van der Waals surface area contributed by atoms with Crippen molar-refractivity contribution >= 4 is 11.9 Å². The number of aliphatic imine (C=N–C) groups is 1. The molecule has 8 nitrogen and oxygen atoms in total. The van der Waals surface area contributed by atoms with E-state index in [1.165, 1.54) is 0 Å². The Morgan fingerprint density at radius 2 is 2.00 bits per heavy atom. The smallest absolute Gasteiger partial charge is 0.239 e. The van der Waals surface area contributed by atoms with Crippen LogP contribution in [0.1, 0.15) is 25.7 Å². The van der Waals surface area contributed by atoms with Gasteiger partial charge in [0.2, 0.25) is 5.91 Å². The lowest BCUT2D eigenvalue weighted by Crippen LogP contribution is -2.43. The van der Waals surface area contributed by atoms with E-state index in [0.29, 0.717) is 5.96 Å². The molecule has 1 unspecified atom stereocenters. The van der Waals surface area contributed by atoms with Crippen molar-refractivity contribution in [2.24, 2.45) is 10.7 Å². The maximum absolute atomic E-state index is 12.2. The van der Waals surface area contributed by atoms with Crippen LogP contribution in [0.5, 0.6) is 0 Å². The molecule has 0 saturated carbocycles. The Hall–Kier alpha value is -1.38. The first-order valence-corrected chi connectivity index (χ1v) is 9.87. The van der Waals surface area contributed by atoms with Crippen molar-refractivity contribution in [1.82, 2.24) is 20.0 Å². The van der Waals surface area contributed by atoms with E-state index in [1.54, 1.807) is 4.90 Å². The molecule has 0 spiro atoms. The number of likely N-dealkylation sites (tertiary alicyclic amines) is 1. The summed E-state index contributed by atoms with van der Waals surface area (Å²) in [6, 6.07) is 0.0520. The second kappa shape index (κ2) is 11.4. The molecule has 2 heterocycles. The highest BCUT2D eigenvalue weighted by atomic mass is 16.5. The largest absolute Gasteiger partial charge is 0.379 e. The van der Waals surface area contributed by atoms with Gasteiger partial charge in [-0.15, -0.1) is 0 Å². The number of nitrogens with two attached hydrogens (primary N) is 1. The summed E-state index contributed by atoms with van der Waals surface area (Å²) in [5, 5.41) is 3.18. The van der Waals surface area contributed by atoms with E-state index in [0.717, 1.165) is 84.7 Å². The molecule has 0 aromatic heterocycles. The van der Waals surface area contributed by atoms with Crippen molar-refractivity contribution in [3.8, 4) is 0 Å². The minimum atomic E-state index is 0.0520. The average Bonchev–Trinajstić information content (AvgIpc) is 3.11. The summed E-state index contributed by atoms with van der Waals surface area (Å²) in [6.07, 6.45) is 4.05. The standard InChI is InChI=1S/C18H36N6O2/c1-22(2)17(25)16-6-3-10-24(16)11-5-8-21-18(19)20-7-4-9-23-12-14-26-15-13-23/h16H,3-15H2,1-2H3,(H3,19,20,21). The highest BCUT2D eigenvalue weighted by molar-refractivity contribution is 5.81. The molecular weight excluding hydrogens is 332 g/mol. The number of guanidine groups is 1. The summed E-state index contributed by atoms with van der Waals surface area (Å²) in [4.78, 5) is 23.0. The molecule has 0 radical (unpaired) electrons. The number of nitrogens with zero attached hydrogens (tertiary/aromatic N) is 4. The molecule has 2 aliphatic heterocycles. The van der Waals surface area contributed by atoms with Crippen LogP contribution in [0.4, 0.5) is 0 Å². The summed E-state index contributed by atoms with van der Waals surface area (Å²) >= 11 is 0. The van der Waals surface area contributed by atoms with Crippen LogP contribution >= 0.6 is 0 Å². The number of hydrogen-bond donors (Lipinski definition) is 2. The van der Waals surface area contributed by atoms with E-state index in [1.807, 2.05) is 14.1 Å². The maximum atomic E-state index is 12.2. The molecule has 2 fully saturated rings. The zero-order chi connectivity index (χ0) is 18.8. The number of carbonyl (C=O) groups is 1. The molecule has 0 aliphatic carbocycles. The molecule has 0 aromatic rings. The van der Waals surface area contributed by atoms with Crippen molar-refractivity contribution in [2.45, 2.75) is 31.7 Å². The number of morpholine rings is 1. The molecule has 150 valence electrons. The quantitative estimate of drug-likeness (QED) is 0.326. The van der Waals surface area contributed by atoms with E-state index in [-0.39, 0.29) is 11.9 Å². The summed E-state index contributed by atoms with van der Waals surface area (Å²) in [6.45, 7) is 8.24. The Labute approximate surface area is 157 Å². The molecule has 1 atom stereocenters. The fraction of sp³-hybridized carbons (Fsp3) is 0.889. The Morgan fingerprint density at radius 3 is 2.73 bits per heavy atom. The number of hydrogen-bond acceptors (Lipinski definition) is 5. The van der Waals surface area contributed by atoms with Crippen LogP contribution < -0.4 is 11.1 Å². The highest BCUT2D eigenvalue weighted by Gasteiger charge is 2.30. The Morgan fingerprint density at radius 1 is 1.23 bits per heavy atom. The maximum Gasteiger partial charge on any atom is 0.239 e. The van der Waals surface area contributed by atoms with Crippen molar-refractivity contribution in [3.63, 3.8) is 0 Å². The molecule has 2 saturated heterocycles. The van der Waals surface area contributed by atoms with Gasteiger partial charge >= 0.3 is 0 Å². The monoisotopic (exact) mass is 368 g/mol. The lowest BCUT2D eigenvalue weighted by Gasteiger charge is -2.26. The molecule has 2 rings (SSSR count). The van der Waals surface area contributed by atoms with E-state index in [9.17, 15) is 4.79 Å². The number of ether oxygens (including phenoxy) is 1. The first-order chi connectivity index (χ1) is 12.6. The van der Waals surface area contributed by atoms with E-state index in [2.05, 4.69) is 20.1 Å². The number of rotatable bonds is 9. The minimum Gasteiger partial charge on any atom is -0.379 e. The average molecular weight is 369 g/mol. The van der Waals surface area contributed by atoms with Crippen molar-refractivity contribution in [2.75, 3.05) is 73.1 Å². The van der Waals surface area contributed by atoms with Crippen molar-refractivity contribution in [1.29, 1.82) is 0 Å². The van der Waals surface area contributed by atoms with Gasteiger partial charge in [0.25, 0.3) is 0 Å². The summed E-state index contributed by atoms with van der Waals surface area (Å²) in [5.74, 6) is 0.742. The highest BCUT2D eigenvalue weighted by Crippen LogP contribution is 2.18. The van der Waals surface area contributed by atoms with Gasteiger partial charge in [0, 0.05) is 53.4 Å². The third kappa shape index (κ3) is 7.09. The fourth-order valence-corrected chi connectivity index (χ4v) is 3.54. The number of likely N-dealkylation sites (N-methyl/N-ethyl adjacent to an activating group) is 1. The Bertz CT molecular complexity index is 451. The molecule has 8 heteroatoms. The number of carbonyl (C=O) groups excluding carboxylic acids is 1. The van der Waals surface area contributed by atoms with Crippen LogP contribution in [0.2, 0.25) is 0 Å². The number of amides is 1. The second-order valence-electron chi connectivity index (χ2n) is 7.28. The summed E-state index contributed by atoms with van der Waals surface area (Å²) in [7, 11) is 3.66. The first kappa shape index (κ1) is 20.9. The summed E-state index contributed by atoms with van der Waals surface area (Å²) in [5.41, 5.74) is 5.93. The predicted octanol–water partition coefficient (Wildman–Crippen LogP) is -0.444. The lowest BCUT2D eigenvalue weighted by atomic mass is 10.2. The van der Waals surface area contributed by atoms with Crippen LogP contribution in [0.3, 0.4) is 0 Å². The first-order valence-electron chi connectivity index (χ1n) is 9.87. The van der Waals surface area contributed by atoms with Gasteiger partial charge < -0.3 is 20.7 Å². The predicted molar refractivity (Wildman–Crippen MR) is 104 cm³/mol. The molecule has 0 bridgehead atoms. The fourth-order valence-electron chi connectivity index (χ4n) is 3.54. The zero-order valence-electron chi connectivity index (χ0n) is 16.5. The van der Waals surface area contributed by atoms with Gasteiger partial charge in [0.1, 0.15) is 0 Å². The molecule has 0 aromatic carbocycles. The molecule has 2 aliphatic rings. The minimum absolute atomic E-state index is 0.0520. The third-order valence-corrected chi connectivity index (χ3v) is 5.04. The molecule has 3 N–H and O–H groups in total. The van der Waals surface area contributed by atoms with Gasteiger partial charge in [0.05, 0.1) is 19.3 Å². The van der Waals surface area contributed by atoms with E-state index >= 15 is 0 Å². The number of nitrogens with one attached hydrogen (secondary N) is 1. The normalized spacial score (nSPS) is 22.5. The van der Waals surface area contributed by atoms with Crippen LogP contribution in [-0.2, 0) is 9.53 Å².